The summed E-state index contributed by atoms with van der Waals surface area (Å²) in [6.07, 6.45) is 8.39. The van der Waals surface area contributed by atoms with Crippen molar-refractivity contribution in [1.29, 1.82) is 0 Å². The predicted octanol–water partition coefficient (Wildman–Crippen LogP) is 6.92. The molecule has 3 aliphatic rings. The van der Waals surface area contributed by atoms with Crippen LogP contribution in [0.3, 0.4) is 0 Å². The van der Waals surface area contributed by atoms with Crippen LogP contribution in [0.15, 0.2) is 97.6 Å². The van der Waals surface area contributed by atoms with Crippen molar-refractivity contribution in [1.82, 2.24) is 29.7 Å². The van der Waals surface area contributed by atoms with Crippen LogP contribution in [-0.2, 0) is 31.9 Å². The first-order valence-corrected chi connectivity index (χ1v) is 21.4. The number of halogens is 2. The molecule has 0 radical (unpaired) electrons. The lowest BCUT2D eigenvalue weighted by Gasteiger charge is -2.26. The lowest BCUT2D eigenvalue weighted by atomic mass is 9.88. The number of aromatic nitrogens is 4. The Morgan fingerprint density at radius 3 is 1.73 bits per heavy atom. The van der Waals surface area contributed by atoms with Gasteiger partial charge in [-0.2, -0.15) is 0 Å². The van der Waals surface area contributed by atoms with E-state index in [1.54, 1.807) is 43.0 Å². The van der Waals surface area contributed by atoms with Gasteiger partial charge in [0.05, 0.1) is 53.6 Å². The smallest absolute Gasteiger partial charge is 0.215 e. The fourth-order valence-electron chi connectivity index (χ4n) is 7.50. The number of morpholine rings is 2. The van der Waals surface area contributed by atoms with Gasteiger partial charge in [-0.1, -0.05) is 35.9 Å². The molecule has 9 rings (SSSR count). The van der Waals surface area contributed by atoms with Crippen LogP contribution in [0, 0.1) is 11.2 Å². The van der Waals surface area contributed by atoms with Crippen molar-refractivity contribution >= 4 is 56.3 Å². The number of ether oxygens (including phenoxy) is 4. The van der Waals surface area contributed by atoms with E-state index in [1.807, 2.05) is 42.5 Å². The summed E-state index contributed by atoms with van der Waals surface area (Å²) < 4.78 is 35.5. The summed E-state index contributed by atoms with van der Waals surface area (Å²) in [6.45, 7) is 9.76. The molecule has 1 aliphatic carbocycles. The molecule has 1 N–H and O–H groups in total. The fraction of sp³-hybridized carbons (Fsp3) is 0.362. The summed E-state index contributed by atoms with van der Waals surface area (Å²) in [5.41, 5.74) is 3.97. The minimum absolute atomic E-state index is 0.0514. The second-order valence-corrected chi connectivity index (χ2v) is 16.0. The molecule has 6 aromatic rings. The summed E-state index contributed by atoms with van der Waals surface area (Å²) in [6, 6.07) is 20.8. The van der Waals surface area contributed by atoms with E-state index in [2.05, 4.69) is 35.1 Å². The number of nitrogens with one attached hydrogen (secondary N) is 1. The van der Waals surface area contributed by atoms with Gasteiger partial charge in [0.2, 0.25) is 11.8 Å². The minimum atomic E-state index is -0.903. The number of carbonyl (C=O) groups is 2. The summed E-state index contributed by atoms with van der Waals surface area (Å²) in [4.78, 5) is 48.3. The lowest BCUT2D eigenvalue weighted by Crippen LogP contribution is -2.38. The number of rotatable bonds is 16. The molecule has 322 valence electrons. The van der Waals surface area contributed by atoms with E-state index in [4.69, 9.17) is 30.5 Å². The van der Waals surface area contributed by atoms with Gasteiger partial charge in [-0.25, -0.2) is 14.4 Å². The highest BCUT2D eigenvalue weighted by Gasteiger charge is 2.54. The zero-order valence-electron chi connectivity index (χ0n) is 34.4. The van der Waals surface area contributed by atoms with Gasteiger partial charge < -0.3 is 24.3 Å². The Labute approximate surface area is 364 Å². The highest BCUT2D eigenvalue weighted by atomic mass is 35.5. The summed E-state index contributed by atoms with van der Waals surface area (Å²) in [5.74, 6) is 0.648. The zero-order chi connectivity index (χ0) is 42.7. The summed E-state index contributed by atoms with van der Waals surface area (Å²) in [7, 11) is 0. The van der Waals surface area contributed by atoms with Gasteiger partial charge >= 0.3 is 0 Å². The number of hydrogen-bond donors (Lipinski definition) is 1. The first-order chi connectivity index (χ1) is 30.3. The van der Waals surface area contributed by atoms with Crippen LogP contribution >= 0.6 is 11.6 Å². The van der Waals surface area contributed by atoms with Crippen molar-refractivity contribution < 1.29 is 32.9 Å². The molecule has 0 unspecified atom stereocenters. The number of fused-ring (bicyclic) bond motifs is 2. The van der Waals surface area contributed by atoms with Gasteiger partial charge in [0, 0.05) is 105 Å². The second kappa shape index (κ2) is 20.5. The molecule has 2 aliphatic heterocycles. The van der Waals surface area contributed by atoms with Gasteiger partial charge in [-0.15, -0.1) is 0 Å². The van der Waals surface area contributed by atoms with E-state index < -0.39 is 5.41 Å². The van der Waals surface area contributed by atoms with Crippen molar-refractivity contribution in [3.05, 3.63) is 120 Å². The average Bonchev–Trinajstić information content (AvgIpc) is 4.12. The Kier molecular flexibility index (Phi) is 14.2. The van der Waals surface area contributed by atoms with Crippen molar-refractivity contribution in [3.8, 4) is 11.8 Å². The SMILES string of the molecule is Clc1ccnc2cc(OCCN3CCOCC3)ncc12.O=C(Cc1ccc(F)cc1)C1(C(=O)Cc2ccc(Nc3ccnc4cc(OCCN5CCOCC5)ncc34)cc2)CC1. The Balaban J connectivity index is 0.000000220. The molecule has 2 saturated heterocycles. The van der Waals surface area contributed by atoms with E-state index >= 15 is 0 Å². The van der Waals surface area contributed by atoms with Gasteiger partial charge in [0.25, 0.3) is 0 Å². The maximum absolute atomic E-state index is 13.2. The zero-order valence-corrected chi connectivity index (χ0v) is 35.2. The minimum Gasteiger partial charge on any atom is -0.476 e. The monoisotopic (exact) mass is 861 g/mol. The van der Waals surface area contributed by atoms with Crippen LogP contribution in [0.5, 0.6) is 11.8 Å². The van der Waals surface area contributed by atoms with Gasteiger partial charge in [-0.3, -0.25) is 29.4 Å². The highest BCUT2D eigenvalue weighted by molar-refractivity contribution is 6.35. The lowest BCUT2D eigenvalue weighted by molar-refractivity contribution is -0.133. The number of Topliss-reactive ketones (excluding diaryl/α,β-unsaturated/α-hetero) is 2. The molecular formula is C47H49ClFN7O6. The van der Waals surface area contributed by atoms with Gasteiger partial charge in [-0.05, 0) is 60.4 Å². The number of ketones is 2. The number of hydrogen-bond acceptors (Lipinski definition) is 13. The first-order valence-electron chi connectivity index (χ1n) is 21.0. The molecule has 3 fully saturated rings. The Morgan fingerprint density at radius 2 is 1.18 bits per heavy atom. The Morgan fingerprint density at radius 1 is 0.677 bits per heavy atom. The largest absolute Gasteiger partial charge is 0.476 e. The topological polar surface area (TPSA) is 141 Å². The van der Waals surface area contributed by atoms with Crippen LogP contribution in [0.4, 0.5) is 15.8 Å². The van der Waals surface area contributed by atoms with Crippen molar-refractivity contribution in [3.63, 3.8) is 0 Å². The molecule has 6 heterocycles. The third-order valence-corrected chi connectivity index (χ3v) is 11.7. The van der Waals surface area contributed by atoms with E-state index in [1.165, 1.54) is 12.1 Å². The number of anilines is 2. The second-order valence-electron chi connectivity index (χ2n) is 15.6. The van der Waals surface area contributed by atoms with E-state index in [0.29, 0.717) is 42.8 Å². The third-order valence-electron chi connectivity index (χ3n) is 11.4. The average molecular weight is 862 g/mol. The Hall–Kier alpha value is -5.64. The van der Waals surface area contributed by atoms with Crippen molar-refractivity contribution in [2.24, 2.45) is 5.41 Å². The standard InChI is InChI=1S/C33H33FN4O4.C14H16ClN3O2/c34-25-5-1-23(2-6-25)19-30(39)33(10-11-33)31(40)20-24-3-7-26(8-4-24)37-28-9-12-35-29-21-32(36-22-27(28)29)42-18-15-38-13-16-41-17-14-38;15-12-1-2-16-13-9-14(17-10-11(12)13)20-8-5-18-3-6-19-7-4-18/h1-9,12,21-22H,10-11,13-20H2,(H,35,37);1-2,9-10H,3-8H2. The number of nitrogens with zero attached hydrogens (tertiary/aromatic N) is 6. The highest BCUT2D eigenvalue weighted by Crippen LogP contribution is 2.49. The quantitative estimate of drug-likeness (QED) is 0.101. The summed E-state index contributed by atoms with van der Waals surface area (Å²) >= 11 is 6.08. The van der Waals surface area contributed by atoms with Crippen molar-refractivity contribution in [2.45, 2.75) is 25.7 Å². The predicted molar refractivity (Wildman–Crippen MR) is 235 cm³/mol. The maximum atomic E-state index is 13.2. The third kappa shape index (κ3) is 11.2. The number of benzene rings is 2. The molecule has 13 nitrogen and oxygen atoms in total. The Bertz CT molecular complexity index is 2460. The van der Waals surface area contributed by atoms with E-state index in [0.717, 1.165) is 110 Å². The molecule has 15 heteroatoms. The van der Waals surface area contributed by atoms with Gasteiger partial charge in [0.1, 0.15) is 19.0 Å². The summed E-state index contributed by atoms with van der Waals surface area (Å²) in [5, 5.41) is 5.79. The molecule has 0 atom stereocenters. The van der Waals surface area contributed by atoms with Crippen LogP contribution < -0.4 is 14.8 Å². The molecule has 0 amide bonds. The van der Waals surface area contributed by atoms with E-state index in [9.17, 15) is 14.0 Å². The van der Waals surface area contributed by atoms with Crippen LogP contribution in [0.25, 0.3) is 21.8 Å². The molecular weight excluding hydrogens is 813 g/mol. The van der Waals surface area contributed by atoms with Crippen LogP contribution in [-0.4, -0.2) is 120 Å². The molecule has 4 aromatic heterocycles. The first kappa shape index (κ1) is 43.0. The number of carbonyl (C=O) groups excluding carboxylic acids is 2. The van der Waals surface area contributed by atoms with Crippen LogP contribution in [0.1, 0.15) is 24.0 Å². The van der Waals surface area contributed by atoms with E-state index in [-0.39, 0.29) is 30.2 Å². The molecule has 0 bridgehead atoms. The maximum Gasteiger partial charge on any atom is 0.215 e. The molecule has 1 saturated carbocycles. The fourth-order valence-corrected chi connectivity index (χ4v) is 7.70. The number of pyridine rings is 4. The molecule has 2 aromatic carbocycles. The van der Waals surface area contributed by atoms with Crippen molar-refractivity contribution in [2.75, 3.05) is 84.2 Å². The molecule has 62 heavy (non-hydrogen) atoms. The molecule has 0 spiro atoms. The van der Waals surface area contributed by atoms with Gasteiger partial charge in [0.15, 0.2) is 11.6 Å². The van der Waals surface area contributed by atoms with Crippen LogP contribution in [0.2, 0.25) is 5.02 Å². The normalized spacial score (nSPS) is 16.3.